The summed E-state index contributed by atoms with van der Waals surface area (Å²) in [6.45, 7) is 4.70. The van der Waals surface area contributed by atoms with Gasteiger partial charge in [0.1, 0.15) is 12.4 Å². The van der Waals surface area contributed by atoms with Gasteiger partial charge in [-0.1, -0.05) is 23.8 Å². The minimum absolute atomic E-state index is 0.518. The lowest BCUT2D eigenvalue weighted by Crippen LogP contribution is -2.00. The second-order valence-electron chi connectivity index (χ2n) is 5.52. The number of aryl methyl sites for hydroxylation is 2. The summed E-state index contributed by atoms with van der Waals surface area (Å²) in [5.74, 6) is 2.23. The van der Waals surface area contributed by atoms with Gasteiger partial charge in [-0.2, -0.15) is 0 Å². The van der Waals surface area contributed by atoms with Crippen molar-refractivity contribution in [3.63, 3.8) is 0 Å². The van der Waals surface area contributed by atoms with Gasteiger partial charge in [-0.3, -0.25) is 0 Å². The van der Waals surface area contributed by atoms with Crippen LogP contribution in [0.15, 0.2) is 48.8 Å². The summed E-state index contributed by atoms with van der Waals surface area (Å²) in [7, 11) is 1.64. The summed E-state index contributed by atoms with van der Waals surface area (Å²) in [5.41, 5.74) is 4.60. The molecule has 3 rings (SSSR count). The third-order valence-corrected chi connectivity index (χ3v) is 3.82. The van der Waals surface area contributed by atoms with Gasteiger partial charge in [-0.25, -0.2) is 4.98 Å². The van der Waals surface area contributed by atoms with Gasteiger partial charge in [0.2, 0.25) is 0 Å². The van der Waals surface area contributed by atoms with Gasteiger partial charge < -0.3 is 14.5 Å². The van der Waals surface area contributed by atoms with Crippen molar-refractivity contribution in [2.75, 3.05) is 7.11 Å². The Hall–Kier alpha value is -2.75. The number of aromatic amines is 1. The van der Waals surface area contributed by atoms with Gasteiger partial charge in [0, 0.05) is 18.0 Å². The first-order chi connectivity index (χ1) is 11.2. The van der Waals surface area contributed by atoms with Crippen LogP contribution in [0.1, 0.15) is 16.7 Å². The predicted octanol–water partition coefficient (Wildman–Crippen LogP) is 4.28. The number of hydrogen-bond acceptors (Lipinski definition) is 3. The maximum Gasteiger partial charge on any atom is 0.161 e. The molecule has 1 N–H and O–H groups in total. The van der Waals surface area contributed by atoms with Crippen LogP contribution >= 0.6 is 0 Å². The summed E-state index contributed by atoms with van der Waals surface area (Å²) in [6.07, 6.45) is 3.53. The molecule has 0 atom stereocenters. The quantitative estimate of drug-likeness (QED) is 0.765. The monoisotopic (exact) mass is 308 g/mol. The molecule has 2 aromatic carbocycles. The van der Waals surface area contributed by atoms with Crippen LogP contribution in [0.25, 0.3) is 11.4 Å². The molecule has 3 aromatic rings. The van der Waals surface area contributed by atoms with E-state index in [-0.39, 0.29) is 0 Å². The number of benzene rings is 2. The summed E-state index contributed by atoms with van der Waals surface area (Å²) in [4.78, 5) is 7.34. The van der Waals surface area contributed by atoms with E-state index in [1.165, 1.54) is 16.7 Å². The molecule has 23 heavy (non-hydrogen) atoms. The first kappa shape index (κ1) is 15.2. The summed E-state index contributed by atoms with van der Waals surface area (Å²) >= 11 is 0. The molecular formula is C19H20N2O2. The van der Waals surface area contributed by atoms with Crippen LogP contribution < -0.4 is 9.47 Å². The zero-order valence-corrected chi connectivity index (χ0v) is 13.6. The SMILES string of the molecule is COc1cc(-c2ncc[nH]2)ccc1OCc1cc(C)ccc1C. The van der Waals surface area contributed by atoms with Crippen molar-refractivity contribution in [2.24, 2.45) is 0 Å². The maximum atomic E-state index is 5.97. The zero-order chi connectivity index (χ0) is 16.2. The minimum atomic E-state index is 0.518. The van der Waals surface area contributed by atoms with E-state index < -0.39 is 0 Å². The molecule has 0 aliphatic heterocycles. The minimum Gasteiger partial charge on any atom is -0.493 e. The molecule has 4 nitrogen and oxygen atoms in total. The highest BCUT2D eigenvalue weighted by Gasteiger charge is 2.09. The number of aromatic nitrogens is 2. The molecule has 0 fully saturated rings. The molecule has 0 saturated heterocycles. The second-order valence-corrected chi connectivity index (χ2v) is 5.52. The maximum absolute atomic E-state index is 5.97. The molecule has 0 radical (unpaired) electrons. The van der Waals surface area contributed by atoms with Crippen LogP contribution in [0.2, 0.25) is 0 Å². The van der Waals surface area contributed by atoms with Crippen molar-refractivity contribution in [1.29, 1.82) is 0 Å². The highest BCUT2D eigenvalue weighted by molar-refractivity contribution is 5.61. The predicted molar refractivity (Wildman–Crippen MR) is 90.8 cm³/mol. The van der Waals surface area contributed by atoms with Crippen molar-refractivity contribution in [3.05, 3.63) is 65.5 Å². The van der Waals surface area contributed by atoms with E-state index in [4.69, 9.17) is 9.47 Å². The summed E-state index contributed by atoms with van der Waals surface area (Å²) < 4.78 is 11.4. The van der Waals surface area contributed by atoms with Gasteiger partial charge in [0.05, 0.1) is 7.11 Å². The third kappa shape index (κ3) is 3.37. The summed E-state index contributed by atoms with van der Waals surface area (Å²) in [5, 5.41) is 0. The fraction of sp³-hybridized carbons (Fsp3) is 0.211. The molecule has 4 heteroatoms. The Morgan fingerprint density at radius 3 is 2.65 bits per heavy atom. The molecule has 1 aromatic heterocycles. The van der Waals surface area contributed by atoms with Crippen LogP contribution in [0.4, 0.5) is 0 Å². The Balaban J connectivity index is 1.81. The zero-order valence-electron chi connectivity index (χ0n) is 13.6. The van der Waals surface area contributed by atoms with E-state index in [1.54, 1.807) is 19.5 Å². The molecule has 0 bridgehead atoms. The van der Waals surface area contributed by atoms with Crippen molar-refractivity contribution >= 4 is 0 Å². The van der Waals surface area contributed by atoms with Crippen LogP contribution in [0.5, 0.6) is 11.5 Å². The third-order valence-electron chi connectivity index (χ3n) is 3.82. The van der Waals surface area contributed by atoms with Crippen LogP contribution in [-0.4, -0.2) is 17.1 Å². The molecule has 0 spiro atoms. The van der Waals surface area contributed by atoms with Crippen molar-refractivity contribution < 1.29 is 9.47 Å². The molecule has 0 amide bonds. The Kier molecular flexibility index (Phi) is 4.33. The molecular weight excluding hydrogens is 288 g/mol. The van der Waals surface area contributed by atoms with Gasteiger partial charge in [-0.15, -0.1) is 0 Å². The number of H-pyrrole nitrogens is 1. The molecule has 0 unspecified atom stereocenters. The van der Waals surface area contributed by atoms with Gasteiger partial charge in [0.15, 0.2) is 11.5 Å². The van der Waals surface area contributed by atoms with E-state index in [0.717, 1.165) is 17.1 Å². The average molecular weight is 308 g/mol. The largest absolute Gasteiger partial charge is 0.493 e. The lowest BCUT2D eigenvalue weighted by molar-refractivity contribution is 0.284. The molecule has 118 valence electrons. The number of rotatable bonds is 5. The Labute approximate surface area is 136 Å². The number of nitrogens with zero attached hydrogens (tertiary/aromatic N) is 1. The Bertz CT molecular complexity index is 795. The average Bonchev–Trinajstić information content (AvgIpc) is 3.10. The number of hydrogen-bond donors (Lipinski definition) is 1. The Morgan fingerprint density at radius 2 is 1.91 bits per heavy atom. The highest BCUT2D eigenvalue weighted by Crippen LogP contribution is 2.32. The van der Waals surface area contributed by atoms with Crippen molar-refractivity contribution in [3.8, 4) is 22.9 Å². The Morgan fingerprint density at radius 1 is 1.04 bits per heavy atom. The van der Waals surface area contributed by atoms with E-state index >= 15 is 0 Å². The lowest BCUT2D eigenvalue weighted by atomic mass is 10.1. The van der Waals surface area contributed by atoms with Crippen molar-refractivity contribution in [1.82, 2.24) is 9.97 Å². The van der Waals surface area contributed by atoms with E-state index in [9.17, 15) is 0 Å². The number of nitrogens with one attached hydrogen (secondary N) is 1. The first-order valence-corrected chi connectivity index (χ1v) is 7.54. The normalized spacial score (nSPS) is 10.6. The van der Waals surface area contributed by atoms with E-state index in [1.807, 2.05) is 18.2 Å². The lowest BCUT2D eigenvalue weighted by Gasteiger charge is -2.13. The van der Waals surface area contributed by atoms with Gasteiger partial charge >= 0.3 is 0 Å². The van der Waals surface area contributed by atoms with E-state index in [0.29, 0.717) is 12.4 Å². The van der Waals surface area contributed by atoms with Crippen LogP contribution in [0.3, 0.4) is 0 Å². The number of methoxy groups -OCH3 is 1. The fourth-order valence-corrected chi connectivity index (χ4v) is 2.47. The number of imidazole rings is 1. The molecule has 0 aliphatic carbocycles. The molecule has 0 saturated carbocycles. The fourth-order valence-electron chi connectivity index (χ4n) is 2.47. The highest BCUT2D eigenvalue weighted by atomic mass is 16.5. The van der Waals surface area contributed by atoms with Crippen LogP contribution in [0, 0.1) is 13.8 Å². The standard InChI is InChI=1S/C19H20N2O2/c1-13-4-5-14(2)16(10-13)12-23-17-7-6-15(11-18(17)22-3)19-20-8-9-21-19/h4-11H,12H2,1-3H3,(H,20,21). The number of ether oxygens (including phenoxy) is 2. The van der Waals surface area contributed by atoms with Gasteiger partial charge in [-0.05, 0) is 43.2 Å². The molecule has 1 heterocycles. The van der Waals surface area contributed by atoms with E-state index in [2.05, 4.69) is 42.0 Å². The second kappa shape index (κ2) is 6.57. The first-order valence-electron chi connectivity index (χ1n) is 7.54. The topological polar surface area (TPSA) is 47.1 Å². The van der Waals surface area contributed by atoms with Crippen LogP contribution in [-0.2, 0) is 6.61 Å². The molecule has 0 aliphatic rings. The smallest absolute Gasteiger partial charge is 0.161 e. The van der Waals surface area contributed by atoms with Crippen molar-refractivity contribution in [2.45, 2.75) is 20.5 Å². The summed E-state index contributed by atoms with van der Waals surface area (Å²) in [6, 6.07) is 12.2. The van der Waals surface area contributed by atoms with Gasteiger partial charge in [0.25, 0.3) is 0 Å².